The second-order valence-corrected chi connectivity index (χ2v) is 6.63. The van der Waals surface area contributed by atoms with E-state index in [4.69, 9.17) is 17.3 Å². The van der Waals surface area contributed by atoms with Crippen molar-refractivity contribution >= 4 is 21.6 Å². The highest BCUT2D eigenvalue weighted by molar-refractivity contribution is 7.89. The van der Waals surface area contributed by atoms with E-state index in [0.717, 1.165) is 12.8 Å². The van der Waals surface area contributed by atoms with Crippen molar-refractivity contribution < 1.29 is 8.42 Å². The van der Waals surface area contributed by atoms with Crippen LogP contribution < -0.4 is 5.73 Å². The van der Waals surface area contributed by atoms with Crippen LogP contribution in [0.1, 0.15) is 12.8 Å². The van der Waals surface area contributed by atoms with Crippen molar-refractivity contribution in [3.63, 3.8) is 0 Å². The van der Waals surface area contributed by atoms with E-state index in [9.17, 15) is 8.42 Å². The van der Waals surface area contributed by atoms with Gasteiger partial charge in [-0.2, -0.15) is 4.31 Å². The van der Waals surface area contributed by atoms with Gasteiger partial charge in [-0.05, 0) is 37.4 Å². The summed E-state index contributed by atoms with van der Waals surface area (Å²) in [5.74, 6) is 0.413. The summed E-state index contributed by atoms with van der Waals surface area (Å²) >= 11 is 5.90. The van der Waals surface area contributed by atoms with Gasteiger partial charge >= 0.3 is 0 Å². The number of hydrogen-bond donors (Lipinski definition) is 1. The second kappa shape index (κ2) is 5.52. The third kappa shape index (κ3) is 2.66. The topological polar surface area (TPSA) is 76.3 Å². The molecule has 1 aliphatic rings. The summed E-state index contributed by atoms with van der Waals surface area (Å²) in [5.41, 5.74) is 5.59. The number of nitrogens with two attached hydrogens (primary N) is 1. The Morgan fingerprint density at radius 3 is 2.67 bits per heavy atom. The van der Waals surface area contributed by atoms with Crippen LogP contribution in [-0.2, 0) is 10.0 Å². The maximum absolute atomic E-state index is 12.4. The van der Waals surface area contributed by atoms with Gasteiger partial charge in [0.15, 0.2) is 5.03 Å². The first-order valence-electron chi connectivity index (χ1n) is 5.86. The number of rotatable bonds is 3. The zero-order valence-electron chi connectivity index (χ0n) is 9.92. The molecule has 18 heavy (non-hydrogen) atoms. The molecule has 1 aromatic heterocycles. The molecular weight excluding hydrogens is 274 g/mol. The van der Waals surface area contributed by atoms with Gasteiger partial charge in [-0.15, -0.1) is 0 Å². The summed E-state index contributed by atoms with van der Waals surface area (Å²) in [4.78, 5) is 3.88. The van der Waals surface area contributed by atoms with Gasteiger partial charge in [-0.3, -0.25) is 0 Å². The first-order chi connectivity index (χ1) is 8.55. The van der Waals surface area contributed by atoms with Crippen LogP contribution in [0.25, 0.3) is 0 Å². The molecule has 2 heterocycles. The lowest BCUT2D eigenvalue weighted by Gasteiger charge is -2.30. The lowest BCUT2D eigenvalue weighted by Crippen LogP contribution is -2.40. The molecule has 100 valence electrons. The lowest BCUT2D eigenvalue weighted by atomic mass is 9.99. The van der Waals surface area contributed by atoms with Gasteiger partial charge in [0.05, 0.1) is 5.02 Å². The van der Waals surface area contributed by atoms with E-state index < -0.39 is 10.0 Å². The van der Waals surface area contributed by atoms with Crippen molar-refractivity contribution in [2.75, 3.05) is 19.6 Å². The zero-order chi connectivity index (χ0) is 13.2. The van der Waals surface area contributed by atoms with Crippen LogP contribution in [0.5, 0.6) is 0 Å². The van der Waals surface area contributed by atoms with Crippen LogP contribution in [0.2, 0.25) is 5.02 Å². The van der Waals surface area contributed by atoms with E-state index in [1.807, 2.05) is 0 Å². The SMILES string of the molecule is NCC1CCN(S(=O)(=O)c2ncccc2Cl)CC1. The highest BCUT2D eigenvalue weighted by Crippen LogP contribution is 2.25. The summed E-state index contributed by atoms with van der Waals surface area (Å²) < 4.78 is 26.1. The molecule has 0 saturated carbocycles. The average molecular weight is 290 g/mol. The lowest BCUT2D eigenvalue weighted by molar-refractivity contribution is 0.278. The molecule has 1 aromatic rings. The number of pyridine rings is 1. The number of piperidine rings is 1. The molecule has 0 atom stereocenters. The summed E-state index contributed by atoms with van der Waals surface area (Å²) in [7, 11) is -3.57. The van der Waals surface area contributed by atoms with Crippen molar-refractivity contribution in [2.24, 2.45) is 11.7 Å². The normalized spacial score (nSPS) is 19.0. The monoisotopic (exact) mass is 289 g/mol. The third-order valence-corrected chi connectivity index (χ3v) is 5.49. The van der Waals surface area contributed by atoms with E-state index in [2.05, 4.69) is 4.98 Å². The van der Waals surface area contributed by atoms with Crippen LogP contribution in [0.3, 0.4) is 0 Å². The van der Waals surface area contributed by atoms with Crippen molar-refractivity contribution in [1.82, 2.24) is 9.29 Å². The number of aromatic nitrogens is 1. The molecule has 0 radical (unpaired) electrons. The Bertz CT molecular complexity index is 513. The van der Waals surface area contributed by atoms with Gasteiger partial charge in [-0.1, -0.05) is 11.6 Å². The largest absolute Gasteiger partial charge is 0.330 e. The van der Waals surface area contributed by atoms with Crippen molar-refractivity contribution in [2.45, 2.75) is 17.9 Å². The van der Waals surface area contributed by atoms with E-state index in [0.29, 0.717) is 25.6 Å². The number of halogens is 1. The quantitative estimate of drug-likeness (QED) is 0.904. The minimum absolute atomic E-state index is 0.0575. The van der Waals surface area contributed by atoms with Gasteiger partial charge in [0.2, 0.25) is 0 Å². The standard InChI is InChI=1S/C11H16ClN3O2S/c12-10-2-1-5-14-11(10)18(16,17)15-6-3-9(8-13)4-7-15/h1-2,5,9H,3-4,6-8,13H2. The van der Waals surface area contributed by atoms with Crippen LogP contribution in [-0.4, -0.2) is 37.3 Å². The Balaban J connectivity index is 2.20. The van der Waals surface area contributed by atoms with Gasteiger partial charge in [-0.25, -0.2) is 13.4 Å². The molecule has 7 heteroatoms. The Hall–Kier alpha value is -0.690. The molecule has 1 fully saturated rings. The minimum Gasteiger partial charge on any atom is -0.330 e. The number of hydrogen-bond acceptors (Lipinski definition) is 4. The van der Waals surface area contributed by atoms with Crippen LogP contribution in [0.15, 0.2) is 23.4 Å². The fourth-order valence-corrected chi connectivity index (χ4v) is 3.93. The van der Waals surface area contributed by atoms with Gasteiger partial charge < -0.3 is 5.73 Å². The maximum Gasteiger partial charge on any atom is 0.262 e. The van der Waals surface area contributed by atoms with Gasteiger partial charge in [0, 0.05) is 19.3 Å². The smallest absolute Gasteiger partial charge is 0.262 e. The van der Waals surface area contributed by atoms with E-state index in [1.54, 1.807) is 6.07 Å². The van der Waals surface area contributed by atoms with E-state index in [-0.39, 0.29) is 10.0 Å². The highest BCUT2D eigenvalue weighted by atomic mass is 35.5. The molecule has 1 saturated heterocycles. The fourth-order valence-electron chi connectivity index (χ4n) is 2.07. The molecule has 0 amide bonds. The van der Waals surface area contributed by atoms with Crippen LogP contribution >= 0.6 is 11.6 Å². The highest BCUT2D eigenvalue weighted by Gasteiger charge is 2.31. The summed E-state index contributed by atoms with van der Waals surface area (Å²) in [5, 5.41) is 0.108. The van der Waals surface area contributed by atoms with Crippen LogP contribution in [0, 0.1) is 5.92 Å². The third-order valence-electron chi connectivity index (χ3n) is 3.22. The predicted octanol–water partition coefficient (Wildman–Crippen LogP) is 1.09. The van der Waals surface area contributed by atoms with E-state index in [1.165, 1.54) is 16.6 Å². The summed E-state index contributed by atoms with van der Waals surface area (Å²) in [6, 6.07) is 3.15. The first kappa shape index (κ1) is 13.7. The molecule has 0 aliphatic carbocycles. The Morgan fingerprint density at radius 1 is 1.44 bits per heavy atom. The van der Waals surface area contributed by atoms with Crippen molar-refractivity contribution in [1.29, 1.82) is 0 Å². The van der Waals surface area contributed by atoms with Gasteiger partial charge in [0.25, 0.3) is 10.0 Å². The molecule has 0 bridgehead atoms. The van der Waals surface area contributed by atoms with Gasteiger partial charge in [0.1, 0.15) is 0 Å². The number of nitrogens with zero attached hydrogens (tertiary/aromatic N) is 2. The van der Waals surface area contributed by atoms with Crippen molar-refractivity contribution in [3.05, 3.63) is 23.4 Å². The Kier molecular flexibility index (Phi) is 4.21. The molecule has 2 N–H and O–H groups in total. The molecule has 0 spiro atoms. The van der Waals surface area contributed by atoms with E-state index >= 15 is 0 Å². The van der Waals surface area contributed by atoms with Crippen molar-refractivity contribution in [3.8, 4) is 0 Å². The summed E-state index contributed by atoms with van der Waals surface area (Å²) in [6.07, 6.45) is 3.02. The average Bonchev–Trinajstić information content (AvgIpc) is 2.39. The maximum atomic E-state index is 12.4. The predicted molar refractivity (Wildman–Crippen MR) is 69.8 cm³/mol. The number of sulfonamides is 1. The van der Waals surface area contributed by atoms with Crippen LogP contribution in [0.4, 0.5) is 0 Å². The Morgan fingerprint density at radius 2 is 2.11 bits per heavy atom. The Labute approximate surface area is 112 Å². The molecule has 5 nitrogen and oxygen atoms in total. The molecule has 2 rings (SSSR count). The molecule has 1 aliphatic heterocycles. The first-order valence-corrected chi connectivity index (χ1v) is 7.68. The fraction of sp³-hybridized carbons (Fsp3) is 0.545. The minimum atomic E-state index is -3.57. The molecule has 0 unspecified atom stereocenters. The second-order valence-electron chi connectivity index (χ2n) is 4.37. The molecule has 0 aromatic carbocycles. The zero-order valence-corrected chi connectivity index (χ0v) is 11.5. The summed E-state index contributed by atoms with van der Waals surface area (Å²) in [6.45, 7) is 1.58. The molecular formula is C11H16ClN3O2S.